The summed E-state index contributed by atoms with van der Waals surface area (Å²) in [5.41, 5.74) is 6.82. The van der Waals surface area contributed by atoms with E-state index in [0.29, 0.717) is 16.3 Å². The van der Waals surface area contributed by atoms with Crippen LogP contribution in [0.25, 0.3) is 0 Å². The van der Waals surface area contributed by atoms with E-state index in [4.69, 9.17) is 17.3 Å². The predicted molar refractivity (Wildman–Crippen MR) is 83.1 cm³/mol. The van der Waals surface area contributed by atoms with Crippen molar-refractivity contribution in [3.05, 3.63) is 28.8 Å². The summed E-state index contributed by atoms with van der Waals surface area (Å²) in [6.07, 6.45) is 1.96. The smallest absolute Gasteiger partial charge is 0.254 e. The molecule has 1 fully saturated rings. The highest BCUT2D eigenvalue weighted by Crippen LogP contribution is 2.22. The highest BCUT2D eigenvalue weighted by molar-refractivity contribution is 6.33. The van der Waals surface area contributed by atoms with E-state index < -0.39 is 0 Å². The number of hydrogen-bond acceptors (Lipinski definition) is 3. The lowest BCUT2D eigenvalue weighted by atomic mass is 10.1. The zero-order valence-corrected chi connectivity index (χ0v) is 12.9. The Morgan fingerprint density at radius 2 is 2.20 bits per heavy atom. The molecule has 4 nitrogen and oxygen atoms in total. The van der Waals surface area contributed by atoms with Crippen LogP contribution in [0.5, 0.6) is 0 Å². The topological polar surface area (TPSA) is 49.6 Å². The second-order valence-electron chi connectivity index (χ2n) is 5.41. The van der Waals surface area contributed by atoms with Gasteiger partial charge in [-0.05, 0) is 44.6 Å². The van der Waals surface area contributed by atoms with Gasteiger partial charge in [-0.1, -0.05) is 18.5 Å². The Bertz CT molecular complexity index is 492. The normalized spacial score (nSPS) is 20.8. The van der Waals surface area contributed by atoms with Gasteiger partial charge in [-0.15, -0.1) is 0 Å². The van der Waals surface area contributed by atoms with E-state index in [1.54, 1.807) is 18.2 Å². The number of rotatable bonds is 2. The van der Waals surface area contributed by atoms with Gasteiger partial charge in [-0.3, -0.25) is 4.79 Å². The minimum absolute atomic E-state index is 0.0500. The number of nitrogens with zero attached hydrogens (tertiary/aromatic N) is 2. The van der Waals surface area contributed by atoms with Gasteiger partial charge in [0.2, 0.25) is 0 Å². The molecule has 1 aromatic carbocycles. The van der Waals surface area contributed by atoms with Crippen LogP contribution in [-0.4, -0.2) is 48.4 Å². The molecule has 1 atom stereocenters. The molecule has 1 heterocycles. The lowest BCUT2D eigenvalue weighted by Crippen LogP contribution is -2.43. The van der Waals surface area contributed by atoms with Crippen LogP contribution in [0.2, 0.25) is 5.02 Å². The number of nitrogens with two attached hydrogens (primary N) is 1. The zero-order valence-electron chi connectivity index (χ0n) is 12.1. The van der Waals surface area contributed by atoms with Crippen molar-refractivity contribution in [2.75, 3.05) is 32.4 Å². The predicted octanol–water partition coefficient (Wildman–Crippen LogP) is 2.48. The molecule has 110 valence electrons. The number of anilines is 1. The van der Waals surface area contributed by atoms with E-state index in [0.717, 1.165) is 32.5 Å². The minimum atomic E-state index is 0.0500. The van der Waals surface area contributed by atoms with Crippen LogP contribution in [0.3, 0.4) is 0 Å². The van der Waals surface area contributed by atoms with E-state index in [-0.39, 0.29) is 11.9 Å². The fourth-order valence-electron chi connectivity index (χ4n) is 2.69. The zero-order chi connectivity index (χ0) is 14.7. The molecular weight excluding hydrogens is 274 g/mol. The van der Waals surface area contributed by atoms with Crippen molar-refractivity contribution >= 4 is 23.2 Å². The van der Waals surface area contributed by atoms with Crippen LogP contribution in [0.15, 0.2) is 18.2 Å². The van der Waals surface area contributed by atoms with Crippen molar-refractivity contribution in [3.63, 3.8) is 0 Å². The minimum Gasteiger partial charge on any atom is -0.398 e. The molecule has 2 rings (SSSR count). The summed E-state index contributed by atoms with van der Waals surface area (Å²) in [6, 6.07) is 5.37. The maximum absolute atomic E-state index is 12.7. The average Bonchev–Trinajstić information content (AvgIpc) is 2.62. The molecule has 1 unspecified atom stereocenters. The van der Waals surface area contributed by atoms with Gasteiger partial charge in [-0.25, -0.2) is 0 Å². The molecule has 1 aliphatic rings. The van der Waals surface area contributed by atoms with E-state index in [2.05, 4.69) is 18.9 Å². The standard InChI is InChI=1S/C15H22ClN3O/c1-3-12-10-18(2)7-4-8-19(12)15(20)11-5-6-14(17)13(16)9-11/h5-6,9,12H,3-4,7-8,10,17H2,1-2H3. The number of halogens is 1. The Kier molecular flexibility index (Phi) is 4.89. The van der Waals surface area contributed by atoms with E-state index in [1.807, 2.05) is 4.90 Å². The molecule has 0 saturated carbocycles. The third-order valence-corrected chi connectivity index (χ3v) is 4.21. The summed E-state index contributed by atoms with van der Waals surface area (Å²) in [5.74, 6) is 0.0500. The van der Waals surface area contributed by atoms with Gasteiger partial charge >= 0.3 is 0 Å². The van der Waals surface area contributed by atoms with E-state index in [1.165, 1.54) is 0 Å². The van der Waals surface area contributed by atoms with Gasteiger partial charge in [0.15, 0.2) is 0 Å². The Morgan fingerprint density at radius 3 is 2.85 bits per heavy atom. The lowest BCUT2D eigenvalue weighted by Gasteiger charge is -2.30. The van der Waals surface area contributed by atoms with Gasteiger partial charge in [0, 0.05) is 24.7 Å². The van der Waals surface area contributed by atoms with Crippen LogP contribution >= 0.6 is 11.6 Å². The van der Waals surface area contributed by atoms with Crippen molar-refractivity contribution < 1.29 is 4.79 Å². The molecule has 0 bridgehead atoms. The number of nitrogen functional groups attached to an aromatic ring is 1. The maximum Gasteiger partial charge on any atom is 0.254 e. The summed E-state index contributed by atoms with van der Waals surface area (Å²) in [5, 5.41) is 0.441. The molecule has 1 aliphatic heterocycles. The van der Waals surface area contributed by atoms with Gasteiger partial charge in [0.25, 0.3) is 5.91 Å². The molecule has 5 heteroatoms. The number of carbonyl (C=O) groups is 1. The fraction of sp³-hybridized carbons (Fsp3) is 0.533. The first-order valence-electron chi connectivity index (χ1n) is 7.07. The van der Waals surface area contributed by atoms with Crippen molar-refractivity contribution in [3.8, 4) is 0 Å². The second kappa shape index (κ2) is 6.46. The van der Waals surface area contributed by atoms with Crippen molar-refractivity contribution in [1.29, 1.82) is 0 Å². The molecular formula is C15H22ClN3O. The van der Waals surface area contributed by atoms with E-state index >= 15 is 0 Å². The Balaban J connectivity index is 2.23. The largest absolute Gasteiger partial charge is 0.398 e. The summed E-state index contributed by atoms with van der Waals surface area (Å²) in [6.45, 7) is 4.87. The Labute approximate surface area is 125 Å². The van der Waals surface area contributed by atoms with Gasteiger partial charge < -0.3 is 15.5 Å². The van der Waals surface area contributed by atoms with Crippen LogP contribution in [0, 0.1) is 0 Å². The molecule has 0 radical (unpaired) electrons. The first kappa shape index (κ1) is 15.1. The number of hydrogen-bond donors (Lipinski definition) is 1. The number of benzene rings is 1. The monoisotopic (exact) mass is 295 g/mol. The molecule has 0 aliphatic carbocycles. The van der Waals surface area contributed by atoms with Gasteiger partial charge in [0.05, 0.1) is 10.7 Å². The van der Waals surface area contributed by atoms with Gasteiger partial charge in [0.1, 0.15) is 0 Å². The fourth-order valence-corrected chi connectivity index (χ4v) is 2.87. The summed E-state index contributed by atoms with van der Waals surface area (Å²) in [7, 11) is 2.11. The second-order valence-corrected chi connectivity index (χ2v) is 5.82. The highest BCUT2D eigenvalue weighted by atomic mass is 35.5. The molecule has 0 spiro atoms. The quantitative estimate of drug-likeness (QED) is 0.853. The van der Waals surface area contributed by atoms with Crippen LogP contribution in [-0.2, 0) is 0 Å². The molecule has 1 saturated heterocycles. The summed E-state index contributed by atoms with van der Waals surface area (Å²) >= 11 is 6.02. The maximum atomic E-state index is 12.7. The van der Waals surface area contributed by atoms with Crippen LogP contribution < -0.4 is 5.73 Å². The highest BCUT2D eigenvalue weighted by Gasteiger charge is 2.26. The summed E-state index contributed by atoms with van der Waals surface area (Å²) in [4.78, 5) is 17.0. The molecule has 2 N–H and O–H groups in total. The Morgan fingerprint density at radius 1 is 1.45 bits per heavy atom. The third kappa shape index (κ3) is 3.25. The van der Waals surface area contributed by atoms with Crippen molar-refractivity contribution in [2.24, 2.45) is 0 Å². The van der Waals surface area contributed by atoms with Crippen LogP contribution in [0.4, 0.5) is 5.69 Å². The first-order chi connectivity index (χ1) is 9.52. The summed E-state index contributed by atoms with van der Waals surface area (Å²) < 4.78 is 0. The first-order valence-corrected chi connectivity index (χ1v) is 7.45. The number of likely N-dealkylation sites (N-methyl/N-ethyl adjacent to an activating group) is 1. The van der Waals surface area contributed by atoms with Crippen molar-refractivity contribution in [2.45, 2.75) is 25.8 Å². The van der Waals surface area contributed by atoms with Gasteiger partial charge in [-0.2, -0.15) is 0 Å². The molecule has 0 aromatic heterocycles. The van der Waals surface area contributed by atoms with Crippen LogP contribution in [0.1, 0.15) is 30.1 Å². The Hall–Kier alpha value is -1.26. The lowest BCUT2D eigenvalue weighted by molar-refractivity contribution is 0.0676. The molecule has 20 heavy (non-hydrogen) atoms. The SMILES string of the molecule is CCC1CN(C)CCCN1C(=O)c1ccc(N)c(Cl)c1. The molecule has 1 amide bonds. The number of carbonyl (C=O) groups excluding carboxylic acids is 1. The van der Waals surface area contributed by atoms with Crippen molar-refractivity contribution in [1.82, 2.24) is 9.80 Å². The average molecular weight is 296 g/mol. The van der Waals surface area contributed by atoms with E-state index in [9.17, 15) is 4.79 Å². The molecule has 1 aromatic rings. The third-order valence-electron chi connectivity index (χ3n) is 3.88. The number of amides is 1.